The lowest BCUT2D eigenvalue weighted by Gasteiger charge is -2.43. The molecule has 1 nitrogen and oxygen atoms in total. The largest absolute Gasteiger partial charge is 0.302 e. The highest BCUT2D eigenvalue weighted by Gasteiger charge is 2.54. The zero-order valence-corrected chi connectivity index (χ0v) is 12.3. The van der Waals surface area contributed by atoms with Gasteiger partial charge in [-0.1, -0.05) is 12.5 Å². The van der Waals surface area contributed by atoms with Crippen LogP contribution in [0.2, 0.25) is 0 Å². The topological polar surface area (TPSA) is 17.1 Å². The standard InChI is InChI=1S/C14H20OS2/c1-10-3-4-11-5-6-14(16-7-8-17-14)12(11)13(10,2)9-15/h9-10H,3-8H2,1-2H3/t10-,13-/m0/s1. The minimum absolute atomic E-state index is 0.186. The number of aldehydes is 1. The first-order valence-electron chi connectivity index (χ1n) is 6.59. The predicted octanol–water partition coefficient (Wildman–Crippen LogP) is 3.89. The van der Waals surface area contributed by atoms with Gasteiger partial charge in [0.05, 0.1) is 4.08 Å². The molecule has 3 aliphatic rings. The summed E-state index contributed by atoms with van der Waals surface area (Å²) in [5.74, 6) is 3.02. The highest BCUT2D eigenvalue weighted by molar-refractivity contribution is 8.21. The van der Waals surface area contributed by atoms with Gasteiger partial charge < -0.3 is 4.79 Å². The monoisotopic (exact) mass is 268 g/mol. The Bertz CT molecular complexity index is 382. The molecule has 94 valence electrons. The molecule has 0 radical (unpaired) electrons. The smallest absolute Gasteiger partial charge is 0.130 e. The molecular formula is C14H20OS2. The maximum atomic E-state index is 11.7. The Balaban J connectivity index is 2.10. The first-order valence-corrected chi connectivity index (χ1v) is 8.57. The molecule has 1 fully saturated rings. The number of carbonyl (C=O) groups excluding carboxylic acids is 1. The van der Waals surface area contributed by atoms with E-state index in [1.807, 2.05) is 0 Å². The predicted molar refractivity (Wildman–Crippen MR) is 76.5 cm³/mol. The highest BCUT2D eigenvalue weighted by atomic mass is 32.2. The van der Waals surface area contributed by atoms with Crippen LogP contribution in [-0.2, 0) is 4.79 Å². The number of rotatable bonds is 1. The number of hydrogen-bond acceptors (Lipinski definition) is 3. The maximum absolute atomic E-state index is 11.7. The first-order chi connectivity index (χ1) is 8.12. The Labute approximate surface area is 112 Å². The molecule has 2 atom stereocenters. The Morgan fingerprint density at radius 3 is 2.65 bits per heavy atom. The molecule has 3 rings (SSSR count). The lowest BCUT2D eigenvalue weighted by molar-refractivity contribution is -0.116. The number of carbonyl (C=O) groups is 1. The van der Waals surface area contributed by atoms with Crippen molar-refractivity contribution in [3.63, 3.8) is 0 Å². The zero-order chi connectivity index (χ0) is 12.1. The molecule has 17 heavy (non-hydrogen) atoms. The van der Waals surface area contributed by atoms with Crippen LogP contribution in [0.5, 0.6) is 0 Å². The lowest BCUT2D eigenvalue weighted by Crippen LogP contribution is -2.39. The molecule has 1 spiro atoms. The van der Waals surface area contributed by atoms with Gasteiger partial charge in [-0.3, -0.25) is 0 Å². The van der Waals surface area contributed by atoms with Crippen LogP contribution in [0.3, 0.4) is 0 Å². The average Bonchev–Trinajstić information content (AvgIpc) is 2.94. The van der Waals surface area contributed by atoms with E-state index in [2.05, 4.69) is 37.4 Å². The molecule has 0 aromatic rings. The van der Waals surface area contributed by atoms with Crippen molar-refractivity contribution in [2.24, 2.45) is 11.3 Å². The lowest BCUT2D eigenvalue weighted by atomic mass is 9.66. The number of hydrogen-bond donors (Lipinski definition) is 0. The molecule has 0 bridgehead atoms. The number of allylic oxidation sites excluding steroid dienone is 1. The summed E-state index contributed by atoms with van der Waals surface area (Å²) in [6.07, 6.45) is 6.19. The molecule has 1 heterocycles. The second kappa shape index (κ2) is 4.06. The molecular weight excluding hydrogens is 248 g/mol. The van der Waals surface area contributed by atoms with Crippen LogP contribution in [0.15, 0.2) is 11.1 Å². The van der Waals surface area contributed by atoms with Gasteiger partial charge >= 0.3 is 0 Å². The first kappa shape index (κ1) is 12.2. The second-order valence-corrected chi connectivity index (χ2v) is 8.81. The van der Waals surface area contributed by atoms with Crippen molar-refractivity contribution in [1.82, 2.24) is 0 Å². The Morgan fingerprint density at radius 1 is 1.29 bits per heavy atom. The normalized spacial score (nSPS) is 39.8. The summed E-state index contributed by atoms with van der Waals surface area (Å²) in [6.45, 7) is 4.44. The van der Waals surface area contributed by atoms with E-state index in [9.17, 15) is 4.79 Å². The zero-order valence-electron chi connectivity index (χ0n) is 10.6. The quantitative estimate of drug-likeness (QED) is 0.530. The molecule has 1 saturated heterocycles. The molecule has 3 heteroatoms. The third-order valence-corrected chi connectivity index (χ3v) is 8.46. The van der Waals surface area contributed by atoms with Gasteiger partial charge in [0.25, 0.3) is 0 Å². The summed E-state index contributed by atoms with van der Waals surface area (Å²) >= 11 is 4.21. The molecule has 0 amide bonds. The van der Waals surface area contributed by atoms with Crippen LogP contribution in [0.1, 0.15) is 39.5 Å². The fraction of sp³-hybridized carbons (Fsp3) is 0.786. The van der Waals surface area contributed by atoms with Crippen LogP contribution < -0.4 is 0 Å². The van der Waals surface area contributed by atoms with Crippen molar-refractivity contribution in [3.05, 3.63) is 11.1 Å². The van der Waals surface area contributed by atoms with E-state index in [1.54, 1.807) is 5.57 Å². The highest BCUT2D eigenvalue weighted by Crippen LogP contribution is 2.64. The van der Waals surface area contributed by atoms with E-state index in [-0.39, 0.29) is 9.49 Å². The third-order valence-electron chi connectivity index (χ3n) is 4.93. The summed E-state index contributed by atoms with van der Waals surface area (Å²) in [6, 6.07) is 0. The minimum Gasteiger partial charge on any atom is -0.302 e. The van der Waals surface area contributed by atoms with Crippen LogP contribution in [0.25, 0.3) is 0 Å². The summed E-state index contributed by atoms with van der Waals surface area (Å²) < 4.78 is 0.277. The van der Waals surface area contributed by atoms with E-state index < -0.39 is 0 Å². The molecule has 1 aliphatic heterocycles. The van der Waals surface area contributed by atoms with Crippen molar-refractivity contribution in [3.8, 4) is 0 Å². The van der Waals surface area contributed by atoms with Gasteiger partial charge in [-0.25, -0.2) is 0 Å². The molecule has 0 saturated carbocycles. The van der Waals surface area contributed by atoms with Crippen molar-refractivity contribution >= 4 is 29.8 Å². The van der Waals surface area contributed by atoms with E-state index in [4.69, 9.17) is 0 Å². The van der Waals surface area contributed by atoms with Crippen molar-refractivity contribution in [2.45, 2.75) is 43.6 Å². The van der Waals surface area contributed by atoms with Crippen LogP contribution in [-0.4, -0.2) is 21.9 Å². The van der Waals surface area contributed by atoms with E-state index >= 15 is 0 Å². The van der Waals surface area contributed by atoms with Gasteiger partial charge in [0.2, 0.25) is 0 Å². The van der Waals surface area contributed by atoms with Gasteiger partial charge in [-0.2, -0.15) is 0 Å². The number of fused-ring (bicyclic) bond motifs is 1. The Kier molecular flexibility index (Phi) is 2.90. The summed E-state index contributed by atoms with van der Waals surface area (Å²) in [5.41, 5.74) is 2.97. The molecule has 0 N–H and O–H groups in total. The van der Waals surface area contributed by atoms with Gasteiger partial charge in [-0.15, -0.1) is 23.5 Å². The minimum atomic E-state index is -0.186. The molecule has 0 aromatic carbocycles. The van der Waals surface area contributed by atoms with Crippen LogP contribution in [0.4, 0.5) is 0 Å². The van der Waals surface area contributed by atoms with E-state index in [1.165, 1.54) is 49.0 Å². The average molecular weight is 268 g/mol. The van der Waals surface area contributed by atoms with Gasteiger partial charge in [-0.05, 0) is 44.1 Å². The molecule has 0 unspecified atom stereocenters. The van der Waals surface area contributed by atoms with Crippen LogP contribution >= 0.6 is 23.5 Å². The SMILES string of the molecule is C[C@H]1CCC2=C(C3(CC2)SCCS3)[C@@]1(C)C=O. The van der Waals surface area contributed by atoms with E-state index in [0.717, 1.165) is 0 Å². The van der Waals surface area contributed by atoms with E-state index in [0.29, 0.717) is 5.92 Å². The Morgan fingerprint density at radius 2 is 2.00 bits per heavy atom. The fourth-order valence-electron chi connectivity index (χ4n) is 3.73. The number of thioether (sulfide) groups is 2. The molecule has 2 aliphatic carbocycles. The fourth-order valence-corrected chi connectivity index (χ4v) is 7.40. The summed E-state index contributed by atoms with van der Waals surface area (Å²) in [4.78, 5) is 11.7. The molecule has 0 aromatic heterocycles. The van der Waals surface area contributed by atoms with Crippen LogP contribution in [0, 0.1) is 11.3 Å². The summed E-state index contributed by atoms with van der Waals surface area (Å²) in [7, 11) is 0. The van der Waals surface area contributed by atoms with Gasteiger partial charge in [0.15, 0.2) is 0 Å². The van der Waals surface area contributed by atoms with Gasteiger partial charge in [0.1, 0.15) is 6.29 Å². The van der Waals surface area contributed by atoms with Crippen molar-refractivity contribution in [1.29, 1.82) is 0 Å². The third kappa shape index (κ3) is 1.58. The second-order valence-electron chi connectivity index (χ2n) is 5.77. The van der Waals surface area contributed by atoms with Gasteiger partial charge in [0, 0.05) is 16.9 Å². The maximum Gasteiger partial charge on any atom is 0.130 e. The van der Waals surface area contributed by atoms with Crippen molar-refractivity contribution in [2.75, 3.05) is 11.5 Å². The summed E-state index contributed by atoms with van der Waals surface area (Å²) in [5, 5.41) is 0. The Hall–Kier alpha value is 0.110. The van der Waals surface area contributed by atoms with Crippen molar-refractivity contribution < 1.29 is 4.79 Å².